The van der Waals surface area contributed by atoms with Crippen LogP contribution in [0.25, 0.3) is 0 Å². The van der Waals surface area contributed by atoms with Crippen LogP contribution in [-0.2, 0) is 0 Å². The van der Waals surface area contributed by atoms with Gasteiger partial charge in [-0.15, -0.1) is 0 Å². The van der Waals surface area contributed by atoms with E-state index in [1.54, 1.807) is 13.2 Å². The minimum Gasteiger partial charge on any atom is -0.481 e. The lowest BCUT2D eigenvalue weighted by Gasteiger charge is -2.23. The van der Waals surface area contributed by atoms with Gasteiger partial charge in [0.15, 0.2) is 0 Å². The third-order valence-electron chi connectivity index (χ3n) is 2.57. The maximum atomic E-state index is 5.81. The van der Waals surface area contributed by atoms with Crippen LogP contribution in [0.4, 0.5) is 0 Å². The van der Waals surface area contributed by atoms with Crippen molar-refractivity contribution in [3.8, 4) is 11.8 Å². The highest BCUT2D eigenvalue weighted by atomic mass is 16.5. The molecule has 5 nitrogen and oxygen atoms in total. The molecule has 0 radical (unpaired) electrons. The molecule has 5 heteroatoms. The van der Waals surface area contributed by atoms with Gasteiger partial charge in [-0.2, -0.15) is 9.97 Å². The summed E-state index contributed by atoms with van der Waals surface area (Å²) in [6.45, 7) is 3.84. The normalized spacial score (nSPS) is 17.1. The summed E-state index contributed by atoms with van der Waals surface area (Å²) in [6.07, 6.45) is 2.29. The summed E-state index contributed by atoms with van der Waals surface area (Å²) in [4.78, 5) is 8.36. The van der Waals surface area contributed by atoms with Gasteiger partial charge < -0.3 is 14.8 Å². The van der Waals surface area contributed by atoms with Gasteiger partial charge in [0.1, 0.15) is 11.9 Å². The molecule has 2 rings (SSSR count). The Bertz CT molecular complexity index is 351. The fourth-order valence-corrected chi connectivity index (χ4v) is 1.76. The fraction of sp³-hybridized carbons (Fsp3) is 0.636. The SMILES string of the molecule is COc1cc(OC2CCNCC2)nc(C)n1. The van der Waals surface area contributed by atoms with Crippen molar-refractivity contribution in [2.45, 2.75) is 25.9 Å². The quantitative estimate of drug-likeness (QED) is 0.826. The molecule has 1 aromatic rings. The number of ether oxygens (including phenoxy) is 2. The average Bonchev–Trinajstić information content (AvgIpc) is 2.29. The molecular weight excluding hydrogens is 206 g/mol. The second-order valence-electron chi connectivity index (χ2n) is 3.86. The first kappa shape index (κ1) is 11.1. The van der Waals surface area contributed by atoms with Gasteiger partial charge in [-0.1, -0.05) is 0 Å². The summed E-state index contributed by atoms with van der Waals surface area (Å²) in [7, 11) is 1.59. The molecule has 0 amide bonds. The zero-order valence-electron chi connectivity index (χ0n) is 9.69. The summed E-state index contributed by atoms with van der Waals surface area (Å²) in [6, 6.07) is 1.73. The molecule has 0 aromatic carbocycles. The topological polar surface area (TPSA) is 56.3 Å². The number of rotatable bonds is 3. The first-order valence-corrected chi connectivity index (χ1v) is 5.55. The number of methoxy groups -OCH3 is 1. The van der Waals surface area contributed by atoms with Gasteiger partial charge in [0, 0.05) is 0 Å². The number of hydrogen-bond donors (Lipinski definition) is 1. The standard InChI is InChI=1S/C11H17N3O2/c1-8-13-10(15-2)7-11(14-8)16-9-3-5-12-6-4-9/h7,9,12H,3-6H2,1-2H3. The van der Waals surface area contributed by atoms with E-state index in [2.05, 4.69) is 15.3 Å². The predicted octanol–water partition coefficient (Wildman–Crippen LogP) is 0.924. The molecule has 1 saturated heterocycles. The van der Waals surface area contributed by atoms with Gasteiger partial charge in [-0.3, -0.25) is 0 Å². The fourth-order valence-electron chi connectivity index (χ4n) is 1.76. The molecule has 16 heavy (non-hydrogen) atoms. The van der Waals surface area contributed by atoms with Crippen LogP contribution in [0.3, 0.4) is 0 Å². The third kappa shape index (κ3) is 2.82. The number of aryl methyl sites for hydroxylation is 1. The van der Waals surface area contributed by atoms with Crippen LogP contribution in [0.5, 0.6) is 11.8 Å². The highest BCUT2D eigenvalue weighted by molar-refractivity contribution is 5.20. The Balaban J connectivity index is 2.04. The summed E-state index contributed by atoms with van der Waals surface area (Å²) in [5, 5.41) is 3.30. The molecule has 0 atom stereocenters. The van der Waals surface area contributed by atoms with E-state index in [1.165, 1.54) is 0 Å². The average molecular weight is 223 g/mol. The van der Waals surface area contributed by atoms with Crippen molar-refractivity contribution in [1.29, 1.82) is 0 Å². The Morgan fingerprint density at radius 2 is 1.94 bits per heavy atom. The van der Waals surface area contributed by atoms with E-state index < -0.39 is 0 Å². The van der Waals surface area contributed by atoms with E-state index in [4.69, 9.17) is 9.47 Å². The van der Waals surface area contributed by atoms with Crippen molar-refractivity contribution in [1.82, 2.24) is 15.3 Å². The van der Waals surface area contributed by atoms with Crippen molar-refractivity contribution < 1.29 is 9.47 Å². The minimum atomic E-state index is 0.250. The van der Waals surface area contributed by atoms with E-state index in [9.17, 15) is 0 Å². The van der Waals surface area contributed by atoms with Crippen molar-refractivity contribution in [2.24, 2.45) is 0 Å². The van der Waals surface area contributed by atoms with Crippen LogP contribution in [0.1, 0.15) is 18.7 Å². The Kier molecular flexibility index (Phi) is 3.56. The van der Waals surface area contributed by atoms with E-state index in [1.807, 2.05) is 6.92 Å². The van der Waals surface area contributed by atoms with E-state index in [0.29, 0.717) is 17.6 Å². The zero-order valence-corrected chi connectivity index (χ0v) is 9.69. The van der Waals surface area contributed by atoms with Crippen LogP contribution >= 0.6 is 0 Å². The molecule has 0 spiro atoms. The number of aromatic nitrogens is 2. The van der Waals surface area contributed by atoms with Crippen molar-refractivity contribution >= 4 is 0 Å². The molecule has 1 aliphatic rings. The highest BCUT2D eigenvalue weighted by Gasteiger charge is 2.15. The molecule has 0 unspecified atom stereocenters. The first-order valence-electron chi connectivity index (χ1n) is 5.55. The molecule has 1 N–H and O–H groups in total. The lowest BCUT2D eigenvalue weighted by molar-refractivity contribution is 0.154. The van der Waals surface area contributed by atoms with Crippen molar-refractivity contribution in [3.05, 3.63) is 11.9 Å². The number of piperidine rings is 1. The molecule has 88 valence electrons. The van der Waals surface area contributed by atoms with E-state index in [-0.39, 0.29) is 6.10 Å². The predicted molar refractivity (Wildman–Crippen MR) is 59.8 cm³/mol. The lowest BCUT2D eigenvalue weighted by atomic mass is 10.1. The first-order chi connectivity index (χ1) is 7.78. The third-order valence-corrected chi connectivity index (χ3v) is 2.57. The number of nitrogens with zero attached hydrogens (tertiary/aromatic N) is 2. The van der Waals surface area contributed by atoms with Gasteiger partial charge in [-0.25, -0.2) is 0 Å². The molecule has 1 aromatic heterocycles. The summed E-state index contributed by atoms with van der Waals surface area (Å²) in [5.74, 6) is 1.83. The van der Waals surface area contributed by atoms with E-state index >= 15 is 0 Å². The van der Waals surface area contributed by atoms with Crippen LogP contribution in [0, 0.1) is 6.92 Å². The van der Waals surface area contributed by atoms with Crippen LogP contribution in [0.2, 0.25) is 0 Å². The summed E-state index contributed by atoms with van der Waals surface area (Å²) in [5.41, 5.74) is 0. The van der Waals surface area contributed by atoms with Crippen LogP contribution in [0.15, 0.2) is 6.07 Å². The highest BCUT2D eigenvalue weighted by Crippen LogP contribution is 2.18. The Morgan fingerprint density at radius 3 is 2.62 bits per heavy atom. The van der Waals surface area contributed by atoms with Crippen LogP contribution in [-0.4, -0.2) is 36.3 Å². The Labute approximate surface area is 95.2 Å². The van der Waals surface area contributed by atoms with Gasteiger partial charge >= 0.3 is 0 Å². The molecule has 1 aliphatic heterocycles. The molecule has 0 bridgehead atoms. The smallest absolute Gasteiger partial charge is 0.220 e. The summed E-state index contributed by atoms with van der Waals surface area (Å²) < 4.78 is 10.9. The lowest BCUT2D eigenvalue weighted by Crippen LogP contribution is -2.34. The van der Waals surface area contributed by atoms with Gasteiger partial charge in [-0.05, 0) is 32.9 Å². The van der Waals surface area contributed by atoms with Gasteiger partial charge in [0.2, 0.25) is 11.8 Å². The minimum absolute atomic E-state index is 0.250. The van der Waals surface area contributed by atoms with Crippen molar-refractivity contribution in [2.75, 3.05) is 20.2 Å². The summed E-state index contributed by atoms with van der Waals surface area (Å²) >= 11 is 0. The monoisotopic (exact) mass is 223 g/mol. The molecule has 0 saturated carbocycles. The number of hydrogen-bond acceptors (Lipinski definition) is 5. The van der Waals surface area contributed by atoms with Crippen molar-refractivity contribution in [3.63, 3.8) is 0 Å². The molecule has 0 aliphatic carbocycles. The maximum Gasteiger partial charge on any atom is 0.220 e. The molecular formula is C11H17N3O2. The van der Waals surface area contributed by atoms with E-state index in [0.717, 1.165) is 25.9 Å². The maximum absolute atomic E-state index is 5.81. The van der Waals surface area contributed by atoms with Crippen LogP contribution < -0.4 is 14.8 Å². The zero-order chi connectivity index (χ0) is 11.4. The number of nitrogens with one attached hydrogen (secondary N) is 1. The Hall–Kier alpha value is -1.36. The molecule has 1 fully saturated rings. The molecule has 2 heterocycles. The largest absolute Gasteiger partial charge is 0.481 e. The second kappa shape index (κ2) is 5.12. The van der Waals surface area contributed by atoms with Gasteiger partial charge in [0.05, 0.1) is 13.2 Å². The second-order valence-corrected chi connectivity index (χ2v) is 3.86. The van der Waals surface area contributed by atoms with Gasteiger partial charge in [0.25, 0.3) is 0 Å². The Morgan fingerprint density at radius 1 is 1.25 bits per heavy atom.